The highest BCUT2D eigenvalue weighted by Crippen LogP contribution is 2.32. The van der Waals surface area contributed by atoms with Crippen molar-refractivity contribution in [2.45, 2.75) is 32.2 Å². The minimum atomic E-state index is -1.12. The second-order valence-electron chi connectivity index (χ2n) is 7.42. The number of benzene rings is 1. The fraction of sp³-hybridized carbons (Fsp3) is 0.333. The fourth-order valence-electron chi connectivity index (χ4n) is 4.01. The van der Waals surface area contributed by atoms with E-state index in [-0.39, 0.29) is 17.2 Å². The Morgan fingerprint density at radius 3 is 2.83 bits per heavy atom. The normalized spacial score (nSPS) is 17.3. The maximum atomic E-state index is 11.4. The van der Waals surface area contributed by atoms with Crippen LogP contribution in [0.4, 0.5) is 0 Å². The molecule has 0 amide bonds. The molecule has 1 aliphatic rings. The standard InChI is InChI=1S/C21H23N5O3/c1-13-9-14(10-16(19(13)27)21(28)29)11-26-8-2-3-15(12-26)17-18(23-5-4-22-17)20-24-6-7-25-20/h4-7,9-10,15,27H,2-3,8,11-12H2,1H3,(H,24,25)(H,28,29). The third-order valence-corrected chi connectivity index (χ3v) is 5.34. The van der Waals surface area contributed by atoms with Crippen molar-refractivity contribution >= 4 is 5.97 Å². The lowest BCUT2D eigenvalue weighted by Crippen LogP contribution is -2.34. The monoisotopic (exact) mass is 393 g/mol. The van der Waals surface area contributed by atoms with Gasteiger partial charge in [0.25, 0.3) is 0 Å². The predicted octanol–water partition coefficient (Wildman–Crippen LogP) is 2.96. The largest absolute Gasteiger partial charge is 0.507 e. The Morgan fingerprint density at radius 1 is 1.24 bits per heavy atom. The van der Waals surface area contributed by atoms with Gasteiger partial charge in [-0.05, 0) is 43.5 Å². The van der Waals surface area contributed by atoms with Gasteiger partial charge in [-0.15, -0.1) is 0 Å². The van der Waals surface area contributed by atoms with Gasteiger partial charge in [0.15, 0.2) is 5.82 Å². The van der Waals surface area contributed by atoms with Crippen LogP contribution in [0.15, 0.2) is 36.9 Å². The molecule has 3 N–H and O–H groups in total. The Kier molecular flexibility index (Phi) is 5.26. The molecule has 1 saturated heterocycles. The number of nitrogens with one attached hydrogen (secondary N) is 1. The van der Waals surface area contributed by atoms with Crippen LogP contribution in [0.2, 0.25) is 0 Å². The van der Waals surface area contributed by atoms with Crippen molar-refractivity contribution in [1.29, 1.82) is 0 Å². The number of aryl methyl sites for hydroxylation is 1. The van der Waals surface area contributed by atoms with E-state index in [1.807, 2.05) is 6.07 Å². The molecule has 8 nitrogen and oxygen atoms in total. The van der Waals surface area contributed by atoms with Crippen LogP contribution in [-0.4, -0.2) is 54.1 Å². The number of hydrogen-bond acceptors (Lipinski definition) is 6. The molecule has 1 aromatic carbocycles. The van der Waals surface area contributed by atoms with E-state index in [2.05, 4.69) is 24.8 Å². The molecule has 0 radical (unpaired) electrons. The average molecular weight is 393 g/mol. The van der Waals surface area contributed by atoms with Crippen molar-refractivity contribution in [2.24, 2.45) is 0 Å². The number of H-pyrrole nitrogens is 1. The Balaban J connectivity index is 1.56. The molecular formula is C21H23N5O3. The topological polar surface area (TPSA) is 115 Å². The van der Waals surface area contributed by atoms with Gasteiger partial charge in [0.05, 0.1) is 5.69 Å². The van der Waals surface area contributed by atoms with Crippen LogP contribution in [0.3, 0.4) is 0 Å². The average Bonchev–Trinajstić information content (AvgIpc) is 3.25. The smallest absolute Gasteiger partial charge is 0.339 e. The highest BCUT2D eigenvalue weighted by Gasteiger charge is 2.26. The summed E-state index contributed by atoms with van der Waals surface area (Å²) in [6, 6.07) is 3.41. The summed E-state index contributed by atoms with van der Waals surface area (Å²) in [5, 5.41) is 19.3. The summed E-state index contributed by atoms with van der Waals surface area (Å²) in [6.45, 7) is 4.07. The number of carbonyl (C=O) groups is 1. The van der Waals surface area contributed by atoms with E-state index < -0.39 is 5.97 Å². The van der Waals surface area contributed by atoms with E-state index in [1.165, 1.54) is 0 Å². The number of piperidine rings is 1. The number of imidazole rings is 1. The van der Waals surface area contributed by atoms with E-state index in [0.717, 1.165) is 42.9 Å². The lowest BCUT2D eigenvalue weighted by Gasteiger charge is -2.33. The van der Waals surface area contributed by atoms with Crippen LogP contribution >= 0.6 is 0 Å². The van der Waals surface area contributed by atoms with Gasteiger partial charge in [-0.3, -0.25) is 9.88 Å². The first kappa shape index (κ1) is 19.1. The fourth-order valence-corrected chi connectivity index (χ4v) is 4.01. The quantitative estimate of drug-likeness (QED) is 0.610. The summed E-state index contributed by atoms with van der Waals surface area (Å²) in [7, 11) is 0. The predicted molar refractivity (Wildman–Crippen MR) is 107 cm³/mol. The third kappa shape index (κ3) is 3.97. The summed E-state index contributed by atoms with van der Waals surface area (Å²) in [4.78, 5) is 30.2. The van der Waals surface area contributed by atoms with Gasteiger partial charge in [-0.2, -0.15) is 0 Å². The molecule has 1 atom stereocenters. The van der Waals surface area contributed by atoms with Crippen molar-refractivity contribution in [3.63, 3.8) is 0 Å². The lowest BCUT2D eigenvalue weighted by atomic mass is 9.92. The zero-order valence-corrected chi connectivity index (χ0v) is 16.2. The first-order valence-corrected chi connectivity index (χ1v) is 9.61. The zero-order chi connectivity index (χ0) is 20.4. The summed E-state index contributed by atoms with van der Waals surface area (Å²) >= 11 is 0. The molecule has 0 spiro atoms. The number of rotatable bonds is 5. The molecule has 150 valence electrons. The molecule has 3 heterocycles. The number of phenols is 1. The van der Waals surface area contributed by atoms with Gasteiger partial charge in [0.2, 0.25) is 0 Å². The Morgan fingerprint density at radius 2 is 2.07 bits per heavy atom. The molecule has 4 rings (SSSR count). The first-order chi connectivity index (χ1) is 14.0. The number of aromatic hydroxyl groups is 1. The number of hydrogen-bond donors (Lipinski definition) is 3. The molecule has 8 heteroatoms. The maximum Gasteiger partial charge on any atom is 0.339 e. The second kappa shape index (κ2) is 8.00. The molecule has 3 aromatic rings. The molecule has 0 bridgehead atoms. The number of likely N-dealkylation sites (tertiary alicyclic amines) is 1. The molecule has 1 fully saturated rings. The number of carboxylic acid groups (broad SMARTS) is 1. The zero-order valence-electron chi connectivity index (χ0n) is 16.2. The highest BCUT2D eigenvalue weighted by molar-refractivity contribution is 5.91. The Hall–Kier alpha value is -3.26. The van der Waals surface area contributed by atoms with Gasteiger partial charge in [0.1, 0.15) is 17.0 Å². The summed E-state index contributed by atoms with van der Waals surface area (Å²) in [6.07, 6.45) is 8.89. The number of aromatic carboxylic acids is 1. The van der Waals surface area contributed by atoms with E-state index in [0.29, 0.717) is 17.9 Å². The molecule has 0 aliphatic carbocycles. The van der Waals surface area contributed by atoms with Gasteiger partial charge in [0, 0.05) is 43.8 Å². The van der Waals surface area contributed by atoms with Crippen LogP contribution in [0.5, 0.6) is 5.75 Å². The minimum Gasteiger partial charge on any atom is -0.507 e. The first-order valence-electron chi connectivity index (χ1n) is 9.61. The Labute approximate surface area is 168 Å². The van der Waals surface area contributed by atoms with Crippen molar-refractivity contribution in [3.8, 4) is 17.3 Å². The van der Waals surface area contributed by atoms with Gasteiger partial charge < -0.3 is 15.2 Å². The molecule has 1 unspecified atom stereocenters. The van der Waals surface area contributed by atoms with Crippen LogP contribution in [-0.2, 0) is 6.54 Å². The van der Waals surface area contributed by atoms with Gasteiger partial charge in [-0.25, -0.2) is 14.8 Å². The molecule has 2 aromatic heterocycles. The maximum absolute atomic E-state index is 11.4. The van der Waals surface area contributed by atoms with Crippen LogP contribution < -0.4 is 0 Å². The molecule has 29 heavy (non-hydrogen) atoms. The van der Waals surface area contributed by atoms with E-state index >= 15 is 0 Å². The number of carboxylic acids is 1. The van der Waals surface area contributed by atoms with E-state index in [9.17, 15) is 15.0 Å². The third-order valence-electron chi connectivity index (χ3n) is 5.34. The van der Waals surface area contributed by atoms with Crippen LogP contribution in [0.1, 0.15) is 45.9 Å². The van der Waals surface area contributed by atoms with Crippen molar-refractivity contribution in [1.82, 2.24) is 24.8 Å². The van der Waals surface area contributed by atoms with Crippen LogP contribution in [0.25, 0.3) is 11.5 Å². The minimum absolute atomic E-state index is 0.0532. The van der Waals surface area contributed by atoms with E-state index in [1.54, 1.807) is 37.8 Å². The number of aromatic nitrogens is 4. The van der Waals surface area contributed by atoms with E-state index in [4.69, 9.17) is 0 Å². The van der Waals surface area contributed by atoms with Crippen molar-refractivity contribution in [3.05, 3.63) is 59.3 Å². The SMILES string of the molecule is Cc1cc(CN2CCCC(c3nccnc3-c3ncc[nH]3)C2)cc(C(=O)O)c1O. The summed E-state index contributed by atoms with van der Waals surface area (Å²) in [5.74, 6) is -0.354. The van der Waals surface area contributed by atoms with Crippen molar-refractivity contribution in [2.75, 3.05) is 13.1 Å². The summed E-state index contributed by atoms with van der Waals surface area (Å²) in [5.41, 5.74) is 3.10. The summed E-state index contributed by atoms with van der Waals surface area (Å²) < 4.78 is 0. The number of aromatic amines is 1. The van der Waals surface area contributed by atoms with Gasteiger partial charge >= 0.3 is 5.97 Å². The molecule has 1 aliphatic heterocycles. The lowest BCUT2D eigenvalue weighted by molar-refractivity contribution is 0.0693. The van der Waals surface area contributed by atoms with Crippen LogP contribution in [0, 0.1) is 6.92 Å². The van der Waals surface area contributed by atoms with Crippen molar-refractivity contribution < 1.29 is 15.0 Å². The highest BCUT2D eigenvalue weighted by atomic mass is 16.4. The second-order valence-corrected chi connectivity index (χ2v) is 7.42. The van der Waals surface area contributed by atoms with Gasteiger partial charge in [-0.1, -0.05) is 6.07 Å². The molecule has 0 saturated carbocycles. The number of nitrogens with zero attached hydrogens (tertiary/aromatic N) is 4. The Bertz CT molecular complexity index is 1020. The molecular weight excluding hydrogens is 370 g/mol.